The van der Waals surface area contributed by atoms with Crippen LogP contribution in [0.15, 0.2) is 11.2 Å². The predicted molar refractivity (Wildman–Crippen MR) is 89.3 cm³/mol. The lowest BCUT2D eigenvalue weighted by molar-refractivity contribution is -0.173. The lowest BCUT2D eigenvalue weighted by atomic mass is 9.97. The number of ether oxygens (including phenoxy) is 1. The zero-order valence-electron chi connectivity index (χ0n) is 15.1. The minimum Gasteiger partial charge on any atom is -0.370 e. The summed E-state index contributed by atoms with van der Waals surface area (Å²) in [7, 11) is -2.00. The van der Waals surface area contributed by atoms with E-state index in [1.54, 1.807) is 18.5 Å². The second-order valence-corrected chi connectivity index (χ2v) is 8.26. The van der Waals surface area contributed by atoms with Gasteiger partial charge in [-0.3, -0.25) is 4.79 Å². The highest BCUT2D eigenvalue weighted by Gasteiger charge is 2.33. The molecule has 0 unspecified atom stereocenters. The van der Waals surface area contributed by atoms with E-state index in [2.05, 4.69) is 15.0 Å². The van der Waals surface area contributed by atoms with Crippen LogP contribution in [0.2, 0.25) is 0 Å². The van der Waals surface area contributed by atoms with Gasteiger partial charge in [0.1, 0.15) is 12.4 Å². The molecule has 1 saturated heterocycles. The van der Waals surface area contributed by atoms with Crippen molar-refractivity contribution in [2.24, 2.45) is 13.0 Å². The molecule has 0 saturated carbocycles. The molecule has 1 N–H and O–H groups in total. The van der Waals surface area contributed by atoms with E-state index in [-0.39, 0.29) is 43.1 Å². The summed E-state index contributed by atoms with van der Waals surface area (Å²) in [4.78, 5) is 16.1. The van der Waals surface area contributed by atoms with E-state index in [1.165, 1.54) is 10.5 Å². The highest BCUT2D eigenvalue weighted by atomic mass is 32.2. The fraction of sp³-hybridized carbons (Fsp3) is 0.733. The fourth-order valence-electron chi connectivity index (χ4n) is 2.72. The minimum absolute atomic E-state index is 0.0211. The Bertz CT molecular complexity index is 736. The molecule has 1 amide bonds. The van der Waals surface area contributed by atoms with Gasteiger partial charge in [0.15, 0.2) is 5.03 Å². The first-order chi connectivity index (χ1) is 12.5. The maximum absolute atomic E-state index is 12.6. The summed E-state index contributed by atoms with van der Waals surface area (Å²) >= 11 is 0. The smallest absolute Gasteiger partial charge is 0.370 e. The number of hydrogen-bond acceptors (Lipinski definition) is 5. The van der Waals surface area contributed by atoms with E-state index in [0.29, 0.717) is 18.7 Å². The molecule has 12 heteroatoms. The number of nitrogens with zero attached hydrogens (tertiary/aromatic N) is 3. The van der Waals surface area contributed by atoms with E-state index in [4.69, 9.17) is 0 Å². The Kier molecular flexibility index (Phi) is 6.87. The van der Waals surface area contributed by atoms with Crippen LogP contribution in [0.3, 0.4) is 0 Å². The average molecular weight is 412 g/mol. The number of amides is 1. The highest BCUT2D eigenvalue weighted by Crippen LogP contribution is 2.23. The Morgan fingerprint density at radius 2 is 2.00 bits per heavy atom. The molecule has 0 atom stereocenters. The Balaban J connectivity index is 1.78. The second-order valence-electron chi connectivity index (χ2n) is 6.37. The van der Waals surface area contributed by atoms with Crippen LogP contribution < -0.4 is 5.32 Å². The van der Waals surface area contributed by atoms with Crippen molar-refractivity contribution in [3.8, 4) is 0 Å². The highest BCUT2D eigenvalue weighted by molar-refractivity contribution is 7.89. The zero-order valence-corrected chi connectivity index (χ0v) is 15.9. The summed E-state index contributed by atoms with van der Waals surface area (Å²) in [5.74, 6) is -0.114. The fourth-order valence-corrected chi connectivity index (χ4v) is 4.21. The van der Waals surface area contributed by atoms with E-state index >= 15 is 0 Å². The monoisotopic (exact) mass is 412 g/mol. The summed E-state index contributed by atoms with van der Waals surface area (Å²) in [5, 5.41) is 2.50. The summed E-state index contributed by atoms with van der Waals surface area (Å²) in [5.41, 5.74) is 0. The molecule has 0 radical (unpaired) electrons. The first-order valence-electron chi connectivity index (χ1n) is 8.43. The van der Waals surface area contributed by atoms with Gasteiger partial charge in [0.05, 0.1) is 6.61 Å². The predicted octanol–water partition coefficient (Wildman–Crippen LogP) is 0.824. The summed E-state index contributed by atoms with van der Waals surface area (Å²) in [6, 6.07) is 0. The van der Waals surface area contributed by atoms with Gasteiger partial charge in [-0.1, -0.05) is 0 Å². The van der Waals surface area contributed by atoms with Crippen molar-refractivity contribution in [2.75, 3.05) is 32.8 Å². The first kappa shape index (κ1) is 21.6. The molecule has 0 bridgehead atoms. The lowest BCUT2D eigenvalue weighted by Crippen LogP contribution is -2.43. The van der Waals surface area contributed by atoms with Crippen molar-refractivity contribution in [1.29, 1.82) is 0 Å². The molecule has 1 fully saturated rings. The minimum atomic E-state index is -4.39. The van der Waals surface area contributed by atoms with Crippen LogP contribution >= 0.6 is 0 Å². The second kappa shape index (κ2) is 8.57. The topological polar surface area (TPSA) is 93.5 Å². The van der Waals surface area contributed by atoms with Gasteiger partial charge in [-0.25, -0.2) is 13.4 Å². The first-order valence-corrected chi connectivity index (χ1v) is 9.87. The van der Waals surface area contributed by atoms with Crippen LogP contribution in [0, 0.1) is 12.8 Å². The third-order valence-corrected chi connectivity index (χ3v) is 6.10. The number of nitrogens with one attached hydrogen (secondary N) is 1. The molecule has 8 nitrogen and oxygen atoms in total. The molecular formula is C15H23F3N4O4S. The van der Waals surface area contributed by atoms with Gasteiger partial charge >= 0.3 is 6.18 Å². The Morgan fingerprint density at radius 1 is 1.37 bits per heavy atom. The number of carbonyl (C=O) groups is 1. The van der Waals surface area contributed by atoms with Crippen molar-refractivity contribution in [3.63, 3.8) is 0 Å². The normalized spacial score (nSPS) is 17.2. The maximum atomic E-state index is 12.6. The SMILES string of the molecule is Cc1nc(S(=O)(=O)N2CCC(C(=O)NCCOCC(F)(F)F)CC2)cn1C. The van der Waals surface area contributed by atoms with Gasteiger partial charge in [-0.2, -0.15) is 17.5 Å². The van der Waals surface area contributed by atoms with Gasteiger partial charge in [0.2, 0.25) is 5.91 Å². The number of hydrogen-bond donors (Lipinski definition) is 1. The molecule has 1 aromatic rings. The van der Waals surface area contributed by atoms with Gasteiger partial charge < -0.3 is 14.6 Å². The van der Waals surface area contributed by atoms with Crippen LogP contribution in [-0.2, 0) is 26.6 Å². The Morgan fingerprint density at radius 3 is 2.52 bits per heavy atom. The molecule has 0 spiro atoms. The molecule has 0 aromatic carbocycles. The standard InChI is InChI=1S/C15H23F3N4O4S/c1-11-20-13(9-21(11)2)27(24,25)22-6-3-12(4-7-22)14(23)19-5-8-26-10-15(16,17)18/h9,12H,3-8,10H2,1-2H3,(H,19,23). The largest absolute Gasteiger partial charge is 0.411 e. The van der Waals surface area contributed by atoms with E-state index in [9.17, 15) is 26.4 Å². The molecule has 2 heterocycles. The summed E-state index contributed by atoms with van der Waals surface area (Å²) in [6.45, 7) is 0.444. The molecule has 0 aliphatic carbocycles. The van der Waals surface area contributed by atoms with Gasteiger partial charge in [-0.05, 0) is 19.8 Å². The van der Waals surface area contributed by atoms with E-state index in [1.807, 2.05) is 0 Å². The van der Waals surface area contributed by atoms with Crippen LogP contribution in [0.5, 0.6) is 0 Å². The molecule has 1 aliphatic heterocycles. The lowest BCUT2D eigenvalue weighted by Gasteiger charge is -2.29. The van der Waals surface area contributed by atoms with Gasteiger partial charge in [-0.15, -0.1) is 0 Å². The number of imidazole rings is 1. The van der Waals surface area contributed by atoms with Crippen LogP contribution in [0.25, 0.3) is 0 Å². The van der Waals surface area contributed by atoms with Crippen molar-refractivity contribution in [1.82, 2.24) is 19.2 Å². The molecule has 1 aromatic heterocycles. The summed E-state index contributed by atoms with van der Waals surface area (Å²) < 4.78 is 68.3. The number of piperidine rings is 1. The van der Waals surface area contributed by atoms with Crippen LogP contribution in [-0.4, -0.2) is 67.2 Å². The number of aryl methyl sites for hydroxylation is 2. The number of carbonyl (C=O) groups excluding carboxylic acids is 1. The molecular weight excluding hydrogens is 389 g/mol. The Labute approximate surface area is 155 Å². The van der Waals surface area contributed by atoms with Crippen molar-refractivity contribution < 1.29 is 31.1 Å². The average Bonchev–Trinajstić information content (AvgIpc) is 2.93. The number of aromatic nitrogens is 2. The zero-order chi connectivity index (χ0) is 20.2. The van der Waals surface area contributed by atoms with Crippen LogP contribution in [0.1, 0.15) is 18.7 Å². The third-order valence-electron chi connectivity index (χ3n) is 4.33. The molecule has 154 valence electrons. The van der Waals surface area contributed by atoms with Gasteiger partial charge in [0, 0.05) is 38.8 Å². The van der Waals surface area contributed by atoms with E-state index < -0.39 is 22.8 Å². The Hall–Kier alpha value is -1.66. The molecule has 1 aliphatic rings. The molecule has 27 heavy (non-hydrogen) atoms. The van der Waals surface area contributed by atoms with Crippen molar-refractivity contribution >= 4 is 15.9 Å². The number of alkyl halides is 3. The summed E-state index contributed by atoms with van der Waals surface area (Å²) in [6.07, 6.45) is -2.28. The third kappa shape index (κ3) is 5.91. The number of rotatable bonds is 7. The quantitative estimate of drug-likeness (QED) is 0.670. The maximum Gasteiger partial charge on any atom is 0.411 e. The molecule has 2 rings (SSSR count). The van der Waals surface area contributed by atoms with E-state index in [0.717, 1.165) is 0 Å². The van der Waals surface area contributed by atoms with Crippen LogP contribution in [0.4, 0.5) is 13.2 Å². The van der Waals surface area contributed by atoms with Crippen molar-refractivity contribution in [3.05, 3.63) is 12.0 Å². The van der Waals surface area contributed by atoms with Gasteiger partial charge in [0.25, 0.3) is 10.0 Å². The number of sulfonamides is 1. The number of halogens is 3. The van der Waals surface area contributed by atoms with Crippen molar-refractivity contribution in [2.45, 2.75) is 31.0 Å².